The molecule has 0 spiro atoms. The number of carbonyl (C=O) groups excluding carboxylic acids is 1. The van der Waals surface area contributed by atoms with Crippen LogP contribution in [-0.4, -0.2) is 28.7 Å². The van der Waals surface area contributed by atoms with Crippen molar-refractivity contribution in [3.8, 4) is 0 Å². The number of nitrogens with zero attached hydrogens (tertiary/aromatic N) is 1. The molecule has 2 N–H and O–H groups in total. The zero-order valence-corrected chi connectivity index (χ0v) is 9.96. The van der Waals surface area contributed by atoms with Gasteiger partial charge >= 0.3 is 5.97 Å². The van der Waals surface area contributed by atoms with Gasteiger partial charge in [0.25, 0.3) is 5.91 Å². The maximum Gasteiger partial charge on any atom is 0.306 e. The van der Waals surface area contributed by atoms with Crippen molar-refractivity contribution in [2.24, 2.45) is 11.8 Å². The van der Waals surface area contributed by atoms with Gasteiger partial charge in [0.1, 0.15) is 6.26 Å². The van der Waals surface area contributed by atoms with Crippen molar-refractivity contribution in [3.63, 3.8) is 0 Å². The summed E-state index contributed by atoms with van der Waals surface area (Å²) in [5.41, 5.74) is 0.220. The zero-order chi connectivity index (χ0) is 13.0. The molecular weight excluding hydrogens is 236 g/mol. The first-order chi connectivity index (χ1) is 8.68. The lowest BCUT2D eigenvalue weighted by Crippen LogP contribution is -2.37. The highest BCUT2D eigenvalue weighted by Gasteiger charge is 2.30. The molecule has 98 valence electrons. The van der Waals surface area contributed by atoms with Crippen LogP contribution in [0, 0.1) is 11.8 Å². The predicted octanol–water partition coefficient (Wildman–Crippen LogP) is 1.30. The summed E-state index contributed by atoms with van der Waals surface area (Å²) in [7, 11) is 0. The third-order valence-corrected chi connectivity index (χ3v) is 3.42. The minimum atomic E-state index is -0.768. The summed E-state index contributed by atoms with van der Waals surface area (Å²) in [6, 6.07) is 1.48. The third kappa shape index (κ3) is 2.88. The van der Waals surface area contributed by atoms with Crippen molar-refractivity contribution in [2.45, 2.75) is 25.7 Å². The molecule has 0 aromatic carbocycles. The van der Waals surface area contributed by atoms with Gasteiger partial charge in [-0.15, -0.1) is 0 Å². The van der Waals surface area contributed by atoms with E-state index >= 15 is 0 Å². The molecule has 1 amide bonds. The maximum absolute atomic E-state index is 11.6. The Labute approximate surface area is 104 Å². The largest absolute Gasteiger partial charge is 0.481 e. The number of carbonyl (C=O) groups is 2. The van der Waals surface area contributed by atoms with Crippen molar-refractivity contribution in [2.75, 3.05) is 6.54 Å². The van der Waals surface area contributed by atoms with Gasteiger partial charge in [0.05, 0.1) is 5.92 Å². The van der Waals surface area contributed by atoms with Gasteiger partial charge in [-0.25, -0.2) is 0 Å². The Morgan fingerprint density at radius 1 is 1.44 bits per heavy atom. The SMILES string of the molecule is O=C(NCC1CCCCC1C(=O)O)c1ccon1. The quantitative estimate of drug-likeness (QED) is 0.842. The first-order valence-corrected chi connectivity index (χ1v) is 6.10. The van der Waals surface area contributed by atoms with E-state index in [1.807, 2.05) is 0 Å². The zero-order valence-electron chi connectivity index (χ0n) is 9.96. The first-order valence-electron chi connectivity index (χ1n) is 6.10. The fourth-order valence-corrected chi connectivity index (χ4v) is 2.42. The number of carboxylic acids is 1. The van der Waals surface area contributed by atoms with Crippen LogP contribution in [0.3, 0.4) is 0 Å². The summed E-state index contributed by atoms with van der Waals surface area (Å²) < 4.78 is 4.58. The second-order valence-corrected chi connectivity index (χ2v) is 4.58. The molecule has 0 bridgehead atoms. The van der Waals surface area contributed by atoms with E-state index in [-0.39, 0.29) is 23.4 Å². The number of hydrogen-bond donors (Lipinski definition) is 2. The molecule has 1 aliphatic rings. The fraction of sp³-hybridized carbons (Fsp3) is 0.583. The summed E-state index contributed by atoms with van der Waals surface area (Å²) in [6.45, 7) is 0.378. The average molecular weight is 252 g/mol. The Morgan fingerprint density at radius 3 is 2.89 bits per heavy atom. The topological polar surface area (TPSA) is 92.4 Å². The van der Waals surface area contributed by atoms with Crippen LogP contribution in [0.2, 0.25) is 0 Å². The molecule has 0 aliphatic heterocycles. The second-order valence-electron chi connectivity index (χ2n) is 4.58. The Morgan fingerprint density at radius 2 is 2.22 bits per heavy atom. The van der Waals surface area contributed by atoms with E-state index in [1.54, 1.807) is 0 Å². The number of nitrogens with one attached hydrogen (secondary N) is 1. The molecule has 2 rings (SSSR count). The van der Waals surface area contributed by atoms with E-state index in [1.165, 1.54) is 12.3 Å². The van der Waals surface area contributed by atoms with Gasteiger partial charge in [0, 0.05) is 12.6 Å². The number of amides is 1. The summed E-state index contributed by atoms with van der Waals surface area (Å²) >= 11 is 0. The van der Waals surface area contributed by atoms with Gasteiger partial charge in [-0.3, -0.25) is 9.59 Å². The highest BCUT2D eigenvalue weighted by Crippen LogP contribution is 2.29. The van der Waals surface area contributed by atoms with Crippen LogP contribution in [0.4, 0.5) is 0 Å². The molecule has 18 heavy (non-hydrogen) atoms. The first kappa shape index (κ1) is 12.6. The van der Waals surface area contributed by atoms with Gasteiger partial charge in [-0.05, 0) is 18.8 Å². The van der Waals surface area contributed by atoms with Crippen LogP contribution in [0.25, 0.3) is 0 Å². The highest BCUT2D eigenvalue weighted by atomic mass is 16.5. The molecule has 1 saturated carbocycles. The highest BCUT2D eigenvalue weighted by molar-refractivity contribution is 5.91. The Balaban J connectivity index is 1.88. The summed E-state index contributed by atoms with van der Waals surface area (Å²) in [5, 5.41) is 15.4. The standard InChI is InChI=1S/C12H16N2O4/c15-11(10-5-6-18-14-10)13-7-8-3-1-2-4-9(8)12(16)17/h5-6,8-9H,1-4,7H2,(H,13,15)(H,16,17). The van der Waals surface area contributed by atoms with Crippen LogP contribution in [0.1, 0.15) is 36.2 Å². The van der Waals surface area contributed by atoms with Gasteiger partial charge in [-0.1, -0.05) is 18.0 Å². The Bertz CT molecular complexity index is 416. The number of aromatic nitrogens is 1. The van der Waals surface area contributed by atoms with Gasteiger partial charge in [-0.2, -0.15) is 0 Å². The van der Waals surface area contributed by atoms with Crippen LogP contribution >= 0.6 is 0 Å². The molecule has 6 heteroatoms. The van der Waals surface area contributed by atoms with E-state index in [0.717, 1.165) is 19.3 Å². The average Bonchev–Trinajstić information content (AvgIpc) is 2.90. The maximum atomic E-state index is 11.6. The fourth-order valence-electron chi connectivity index (χ4n) is 2.42. The molecule has 0 saturated heterocycles. The monoisotopic (exact) mass is 252 g/mol. The molecule has 6 nitrogen and oxygen atoms in total. The summed E-state index contributed by atoms with van der Waals surface area (Å²) in [4.78, 5) is 22.7. The van der Waals surface area contributed by atoms with Gasteiger partial charge in [0.2, 0.25) is 0 Å². The number of hydrogen-bond acceptors (Lipinski definition) is 4. The summed E-state index contributed by atoms with van der Waals surface area (Å²) in [5.74, 6) is -1.43. The van der Waals surface area contributed by atoms with E-state index in [0.29, 0.717) is 13.0 Å². The minimum Gasteiger partial charge on any atom is -0.481 e. The van der Waals surface area contributed by atoms with Crippen LogP contribution < -0.4 is 5.32 Å². The second kappa shape index (κ2) is 5.66. The van der Waals surface area contributed by atoms with Crippen LogP contribution in [0.5, 0.6) is 0 Å². The van der Waals surface area contributed by atoms with Crippen molar-refractivity contribution < 1.29 is 19.2 Å². The number of carboxylic acid groups (broad SMARTS) is 1. The van der Waals surface area contributed by atoms with Gasteiger partial charge < -0.3 is 14.9 Å². The Hall–Kier alpha value is -1.85. The minimum absolute atomic E-state index is 0.00658. The Kier molecular flexibility index (Phi) is 3.96. The van der Waals surface area contributed by atoms with E-state index < -0.39 is 5.97 Å². The molecule has 1 heterocycles. The predicted molar refractivity (Wildman–Crippen MR) is 61.9 cm³/mol. The lowest BCUT2D eigenvalue weighted by Gasteiger charge is -2.28. The lowest BCUT2D eigenvalue weighted by atomic mass is 9.79. The lowest BCUT2D eigenvalue weighted by molar-refractivity contribution is -0.144. The molecule has 1 aliphatic carbocycles. The van der Waals surface area contributed by atoms with Crippen molar-refractivity contribution in [1.82, 2.24) is 10.5 Å². The van der Waals surface area contributed by atoms with Crippen LogP contribution in [-0.2, 0) is 4.79 Å². The molecule has 2 atom stereocenters. The number of aliphatic carboxylic acids is 1. The number of rotatable bonds is 4. The van der Waals surface area contributed by atoms with Crippen molar-refractivity contribution in [3.05, 3.63) is 18.0 Å². The third-order valence-electron chi connectivity index (χ3n) is 3.42. The molecule has 2 unspecified atom stereocenters. The van der Waals surface area contributed by atoms with Crippen molar-refractivity contribution in [1.29, 1.82) is 0 Å². The van der Waals surface area contributed by atoms with E-state index in [2.05, 4.69) is 15.0 Å². The molecule has 1 fully saturated rings. The smallest absolute Gasteiger partial charge is 0.306 e. The molecule has 1 aromatic rings. The normalized spacial score (nSPS) is 23.6. The summed E-state index contributed by atoms with van der Waals surface area (Å²) in [6.07, 6.45) is 4.84. The van der Waals surface area contributed by atoms with E-state index in [4.69, 9.17) is 5.11 Å². The molecular formula is C12H16N2O4. The van der Waals surface area contributed by atoms with Crippen molar-refractivity contribution >= 4 is 11.9 Å². The molecule has 0 radical (unpaired) electrons. The molecule has 1 aromatic heterocycles. The van der Waals surface area contributed by atoms with Crippen LogP contribution in [0.15, 0.2) is 16.9 Å². The van der Waals surface area contributed by atoms with Gasteiger partial charge in [0.15, 0.2) is 5.69 Å². The van der Waals surface area contributed by atoms with E-state index in [9.17, 15) is 9.59 Å².